The Bertz CT molecular complexity index is 297. The summed E-state index contributed by atoms with van der Waals surface area (Å²) in [6.07, 6.45) is 1.16. The first kappa shape index (κ1) is 13.0. The first-order chi connectivity index (χ1) is 7.69. The molecular formula is C13H21NO2. The summed E-state index contributed by atoms with van der Waals surface area (Å²) in [6, 6.07) is 7.27. The van der Waals surface area contributed by atoms with E-state index in [1.807, 2.05) is 31.2 Å². The molecule has 0 spiro atoms. The summed E-state index contributed by atoms with van der Waals surface area (Å²) in [7, 11) is 0. The van der Waals surface area contributed by atoms with Crippen molar-refractivity contribution in [1.29, 1.82) is 0 Å². The Morgan fingerprint density at radius 2 is 1.88 bits per heavy atom. The molecule has 1 aromatic rings. The summed E-state index contributed by atoms with van der Waals surface area (Å²) in [4.78, 5) is 0. The molecule has 16 heavy (non-hydrogen) atoms. The summed E-state index contributed by atoms with van der Waals surface area (Å²) in [5.41, 5.74) is 6.63. The second-order valence-corrected chi connectivity index (χ2v) is 3.93. The summed E-state index contributed by atoms with van der Waals surface area (Å²) in [5, 5.41) is 9.89. The molecule has 3 N–H and O–H groups in total. The van der Waals surface area contributed by atoms with Gasteiger partial charge >= 0.3 is 0 Å². The first-order valence-electron chi connectivity index (χ1n) is 5.85. The van der Waals surface area contributed by atoms with Crippen LogP contribution in [-0.4, -0.2) is 17.8 Å². The molecule has 0 saturated carbocycles. The van der Waals surface area contributed by atoms with Crippen LogP contribution < -0.4 is 10.5 Å². The van der Waals surface area contributed by atoms with Crippen molar-refractivity contribution in [3.05, 3.63) is 29.8 Å². The van der Waals surface area contributed by atoms with E-state index in [9.17, 15) is 5.11 Å². The Labute approximate surface area is 97.2 Å². The number of aliphatic hydroxyl groups excluding tert-OH is 1. The Morgan fingerprint density at radius 3 is 2.38 bits per heavy atom. The van der Waals surface area contributed by atoms with Gasteiger partial charge in [0.1, 0.15) is 5.75 Å². The second kappa shape index (κ2) is 6.51. The highest BCUT2D eigenvalue weighted by atomic mass is 16.5. The van der Waals surface area contributed by atoms with Gasteiger partial charge in [-0.3, -0.25) is 0 Å². The largest absolute Gasteiger partial charge is 0.494 e. The van der Waals surface area contributed by atoms with Gasteiger partial charge in [0, 0.05) is 6.04 Å². The van der Waals surface area contributed by atoms with E-state index in [4.69, 9.17) is 10.5 Å². The zero-order chi connectivity index (χ0) is 12.0. The molecule has 1 rings (SSSR count). The first-order valence-corrected chi connectivity index (χ1v) is 5.85. The third-order valence-electron chi connectivity index (χ3n) is 2.57. The number of hydrogen-bond acceptors (Lipinski definition) is 3. The summed E-state index contributed by atoms with van der Waals surface area (Å²) >= 11 is 0. The summed E-state index contributed by atoms with van der Waals surface area (Å²) < 4.78 is 5.46. The van der Waals surface area contributed by atoms with Crippen molar-refractivity contribution in [2.24, 2.45) is 5.73 Å². The molecule has 0 aromatic heterocycles. The minimum absolute atomic E-state index is 0.206. The van der Waals surface area contributed by atoms with E-state index < -0.39 is 6.10 Å². The van der Waals surface area contributed by atoms with Crippen LogP contribution >= 0.6 is 0 Å². The van der Waals surface area contributed by atoms with Crippen molar-refractivity contribution < 1.29 is 9.84 Å². The van der Waals surface area contributed by atoms with Crippen LogP contribution in [-0.2, 0) is 0 Å². The van der Waals surface area contributed by atoms with Crippen molar-refractivity contribution in [3.8, 4) is 5.75 Å². The fourth-order valence-corrected chi connectivity index (χ4v) is 1.45. The Kier molecular flexibility index (Phi) is 5.29. The SMILES string of the molecule is CCCOc1ccc(C(O)C(N)CC)cc1. The highest BCUT2D eigenvalue weighted by Crippen LogP contribution is 2.20. The fourth-order valence-electron chi connectivity index (χ4n) is 1.45. The van der Waals surface area contributed by atoms with E-state index in [0.29, 0.717) is 0 Å². The standard InChI is InChI=1S/C13H21NO2/c1-3-9-16-11-7-5-10(6-8-11)13(15)12(14)4-2/h5-8,12-13,15H,3-4,9,14H2,1-2H3. The second-order valence-electron chi connectivity index (χ2n) is 3.93. The summed E-state index contributed by atoms with van der Waals surface area (Å²) in [6.45, 7) is 4.75. The van der Waals surface area contributed by atoms with Gasteiger partial charge in [-0.2, -0.15) is 0 Å². The lowest BCUT2D eigenvalue weighted by molar-refractivity contribution is 0.144. The molecule has 90 valence electrons. The molecule has 0 amide bonds. The Balaban J connectivity index is 2.63. The van der Waals surface area contributed by atoms with Crippen molar-refractivity contribution in [2.75, 3.05) is 6.61 Å². The molecule has 3 heteroatoms. The van der Waals surface area contributed by atoms with E-state index >= 15 is 0 Å². The van der Waals surface area contributed by atoms with E-state index in [0.717, 1.165) is 30.8 Å². The van der Waals surface area contributed by atoms with Crippen LogP contribution in [0.3, 0.4) is 0 Å². The zero-order valence-electron chi connectivity index (χ0n) is 10.0. The maximum atomic E-state index is 9.89. The number of benzene rings is 1. The molecule has 0 fully saturated rings. The van der Waals surface area contributed by atoms with Crippen LogP contribution in [0.2, 0.25) is 0 Å². The van der Waals surface area contributed by atoms with Crippen molar-refractivity contribution in [1.82, 2.24) is 0 Å². The van der Waals surface area contributed by atoms with Crippen LogP contribution in [0.4, 0.5) is 0 Å². The third-order valence-corrected chi connectivity index (χ3v) is 2.57. The molecule has 0 heterocycles. The predicted octanol–water partition coefficient (Wildman–Crippen LogP) is 2.25. The van der Waals surface area contributed by atoms with Crippen LogP contribution in [0.15, 0.2) is 24.3 Å². The van der Waals surface area contributed by atoms with Gasteiger partial charge in [0.05, 0.1) is 12.7 Å². The number of ether oxygens (including phenoxy) is 1. The van der Waals surface area contributed by atoms with Gasteiger partial charge in [0.15, 0.2) is 0 Å². The molecule has 0 aliphatic heterocycles. The average molecular weight is 223 g/mol. The number of nitrogens with two attached hydrogens (primary N) is 1. The van der Waals surface area contributed by atoms with Crippen molar-refractivity contribution >= 4 is 0 Å². The molecular weight excluding hydrogens is 202 g/mol. The quantitative estimate of drug-likeness (QED) is 0.777. The smallest absolute Gasteiger partial charge is 0.119 e. The van der Waals surface area contributed by atoms with Gasteiger partial charge in [-0.15, -0.1) is 0 Å². The van der Waals surface area contributed by atoms with Gasteiger partial charge in [0.2, 0.25) is 0 Å². The van der Waals surface area contributed by atoms with Crippen LogP contribution in [0, 0.1) is 0 Å². The maximum Gasteiger partial charge on any atom is 0.119 e. The van der Waals surface area contributed by atoms with E-state index in [1.54, 1.807) is 0 Å². The van der Waals surface area contributed by atoms with Crippen molar-refractivity contribution in [3.63, 3.8) is 0 Å². The highest BCUT2D eigenvalue weighted by Gasteiger charge is 2.14. The Morgan fingerprint density at radius 1 is 1.25 bits per heavy atom. The molecule has 0 bridgehead atoms. The van der Waals surface area contributed by atoms with Gasteiger partial charge in [0.25, 0.3) is 0 Å². The normalized spacial score (nSPS) is 14.5. The van der Waals surface area contributed by atoms with E-state index in [1.165, 1.54) is 0 Å². The third kappa shape index (κ3) is 3.51. The van der Waals surface area contributed by atoms with Crippen molar-refractivity contribution in [2.45, 2.75) is 38.8 Å². The van der Waals surface area contributed by atoms with E-state index in [2.05, 4.69) is 6.92 Å². The number of rotatable bonds is 6. The van der Waals surface area contributed by atoms with Crippen LogP contribution in [0.1, 0.15) is 38.4 Å². The molecule has 2 unspecified atom stereocenters. The number of hydrogen-bond donors (Lipinski definition) is 2. The van der Waals surface area contributed by atoms with Gasteiger partial charge in [-0.1, -0.05) is 26.0 Å². The lowest BCUT2D eigenvalue weighted by Gasteiger charge is -2.17. The zero-order valence-corrected chi connectivity index (χ0v) is 10.0. The molecule has 2 atom stereocenters. The minimum Gasteiger partial charge on any atom is -0.494 e. The maximum absolute atomic E-state index is 9.89. The van der Waals surface area contributed by atoms with Crippen LogP contribution in [0.5, 0.6) is 5.75 Å². The molecule has 3 nitrogen and oxygen atoms in total. The Hall–Kier alpha value is -1.06. The lowest BCUT2D eigenvalue weighted by atomic mass is 10.0. The molecule has 0 aliphatic rings. The van der Waals surface area contributed by atoms with Gasteiger partial charge in [-0.05, 0) is 30.5 Å². The number of aliphatic hydroxyl groups is 1. The monoisotopic (exact) mass is 223 g/mol. The average Bonchev–Trinajstić information content (AvgIpc) is 2.35. The highest BCUT2D eigenvalue weighted by molar-refractivity contribution is 5.29. The van der Waals surface area contributed by atoms with Gasteiger partial charge < -0.3 is 15.6 Å². The molecule has 0 aliphatic carbocycles. The topological polar surface area (TPSA) is 55.5 Å². The minimum atomic E-state index is -0.592. The predicted molar refractivity (Wildman–Crippen MR) is 65.5 cm³/mol. The summed E-state index contributed by atoms with van der Waals surface area (Å²) in [5.74, 6) is 0.836. The molecule has 0 radical (unpaired) electrons. The molecule has 1 aromatic carbocycles. The molecule has 0 saturated heterocycles. The van der Waals surface area contributed by atoms with Gasteiger partial charge in [-0.25, -0.2) is 0 Å². The van der Waals surface area contributed by atoms with Crippen LogP contribution in [0.25, 0.3) is 0 Å². The fraction of sp³-hybridized carbons (Fsp3) is 0.538. The van der Waals surface area contributed by atoms with E-state index in [-0.39, 0.29) is 6.04 Å². The lowest BCUT2D eigenvalue weighted by Crippen LogP contribution is -2.27.